The molecular weight excluding hydrogens is 238 g/mol. The monoisotopic (exact) mass is 253 g/mol. The maximum absolute atomic E-state index is 11.6. The third-order valence-corrected chi connectivity index (χ3v) is 4.76. The zero-order valence-corrected chi connectivity index (χ0v) is 10.3. The number of sulfone groups is 1. The van der Waals surface area contributed by atoms with Crippen LogP contribution >= 0.6 is 11.6 Å². The summed E-state index contributed by atoms with van der Waals surface area (Å²) in [5, 5.41) is 1.52. The van der Waals surface area contributed by atoms with Gasteiger partial charge in [0.15, 0.2) is 9.84 Å². The highest BCUT2D eigenvalue weighted by atomic mass is 35.5. The summed E-state index contributed by atoms with van der Waals surface area (Å²) in [6.45, 7) is 2.06. The predicted octanol–water partition coefficient (Wildman–Crippen LogP) is 0.697. The third kappa shape index (κ3) is 3.65. The zero-order valence-electron chi connectivity index (χ0n) is 8.70. The molecule has 0 radical (unpaired) electrons. The molecule has 15 heavy (non-hydrogen) atoms. The normalized spacial score (nSPS) is 26.9. The fraction of sp³-hybridized carbons (Fsp3) is 0.889. The van der Waals surface area contributed by atoms with Crippen LogP contribution in [0.15, 0.2) is 0 Å². The van der Waals surface area contributed by atoms with Gasteiger partial charge in [-0.2, -0.15) is 0 Å². The van der Waals surface area contributed by atoms with Crippen LogP contribution in [0.3, 0.4) is 0 Å². The van der Waals surface area contributed by atoms with E-state index < -0.39 is 21.0 Å². The Hall–Kier alpha value is -0.290. The van der Waals surface area contributed by atoms with Gasteiger partial charge in [-0.15, -0.1) is 11.6 Å². The van der Waals surface area contributed by atoms with E-state index in [1.54, 1.807) is 6.92 Å². The van der Waals surface area contributed by atoms with Crippen LogP contribution in [0.2, 0.25) is 0 Å². The van der Waals surface area contributed by atoms with E-state index in [9.17, 15) is 13.2 Å². The van der Waals surface area contributed by atoms with Crippen molar-refractivity contribution in [3.8, 4) is 0 Å². The molecule has 0 aromatic carbocycles. The molecule has 1 amide bonds. The Bertz CT molecular complexity index is 326. The van der Waals surface area contributed by atoms with Crippen LogP contribution < -0.4 is 5.32 Å². The van der Waals surface area contributed by atoms with Gasteiger partial charge >= 0.3 is 0 Å². The lowest BCUT2D eigenvalue weighted by molar-refractivity contribution is -0.120. The van der Waals surface area contributed by atoms with E-state index in [4.69, 9.17) is 11.6 Å². The van der Waals surface area contributed by atoms with Gasteiger partial charge in [-0.05, 0) is 19.8 Å². The van der Waals surface area contributed by atoms with Crippen LogP contribution in [0, 0.1) is 0 Å². The van der Waals surface area contributed by atoms with Crippen LogP contribution in [-0.4, -0.2) is 37.2 Å². The third-order valence-electron chi connectivity index (χ3n) is 2.43. The van der Waals surface area contributed by atoms with E-state index in [-0.39, 0.29) is 11.1 Å². The summed E-state index contributed by atoms with van der Waals surface area (Å²) in [6.07, 6.45) is 1.90. The van der Waals surface area contributed by atoms with Crippen molar-refractivity contribution in [3.63, 3.8) is 0 Å². The van der Waals surface area contributed by atoms with E-state index in [0.29, 0.717) is 19.4 Å². The van der Waals surface area contributed by atoms with Crippen molar-refractivity contribution in [2.45, 2.75) is 36.8 Å². The second-order valence-corrected chi connectivity index (χ2v) is 6.93. The van der Waals surface area contributed by atoms with E-state index in [1.807, 2.05) is 0 Å². The highest BCUT2D eigenvalue weighted by Gasteiger charge is 2.34. The van der Waals surface area contributed by atoms with Crippen molar-refractivity contribution in [2.24, 2.45) is 0 Å². The van der Waals surface area contributed by atoms with Crippen LogP contribution in [0.4, 0.5) is 0 Å². The van der Waals surface area contributed by atoms with E-state index in [0.717, 1.165) is 6.42 Å². The average molecular weight is 254 g/mol. The molecule has 2 atom stereocenters. The summed E-state index contributed by atoms with van der Waals surface area (Å²) in [6, 6.07) is 0. The Morgan fingerprint density at radius 1 is 1.53 bits per heavy atom. The first kappa shape index (κ1) is 12.8. The van der Waals surface area contributed by atoms with Gasteiger partial charge < -0.3 is 5.32 Å². The van der Waals surface area contributed by atoms with E-state index in [2.05, 4.69) is 5.32 Å². The Kier molecular flexibility index (Phi) is 4.40. The highest BCUT2D eigenvalue weighted by molar-refractivity contribution is 7.92. The fourth-order valence-electron chi connectivity index (χ4n) is 1.60. The van der Waals surface area contributed by atoms with Crippen molar-refractivity contribution in [1.82, 2.24) is 5.32 Å². The highest BCUT2D eigenvalue weighted by Crippen LogP contribution is 2.19. The Balaban J connectivity index is 2.58. The molecule has 1 rings (SSSR count). The maximum atomic E-state index is 11.6. The predicted molar refractivity (Wildman–Crippen MR) is 59.8 cm³/mol. The SMILES string of the molecule is CC(Cl)CNC(=O)C1CCCCS1(=O)=O. The summed E-state index contributed by atoms with van der Waals surface area (Å²) in [5.74, 6) is -0.274. The summed E-state index contributed by atoms with van der Waals surface area (Å²) in [4.78, 5) is 11.6. The van der Waals surface area contributed by atoms with Gasteiger partial charge in [-0.3, -0.25) is 4.79 Å². The molecule has 2 unspecified atom stereocenters. The second-order valence-electron chi connectivity index (χ2n) is 3.88. The molecule has 0 bridgehead atoms. The molecule has 1 heterocycles. The van der Waals surface area contributed by atoms with Gasteiger partial charge in [0.1, 0.15) is 5.25 Å². The number of hydrogen-bond donors (Lipinski definition) is 1. The molecule has 88 valence electrons. The number of halogens is 1. The average Bonchev–Trinajstić information content (AvgIpc) is 2.13. The minimum atomic E-state index is -3.23. The lowest BCUT2D eigenvalue weighted by Gasteiger charge is -2.21. The van der Waals surface area contributed by atoms with Crippen molar-refractivity contribution in [1.29, 1.82) is 0 Å². The fourth-order valence-corrected chi connectivity index (χ4v) is 3.51. The topological polar surface area (TPSA) is 63.2 Å². The first-order valence-electron chi connectivity index (χ1n) is 5.07. The minimum Gasteiger partial charge on any atom is -0.354 e. The number of carbonyl (C=O) groups excluding carboxylic acids is 1. The summed E-state index contributed by atoms with van der Waals surface area (Å²) >= 11 is 5.67. The maximum Gasteiger partial charge on any atom is 0.238 e. The van der Waals surface area contributed by atoms with Gasteiger partial charge in [-0.1, -0.05) is 6.42 Å². The largest absolute Gasteiger partial charge is 0.354 e. The quantitative estimate of drug-likeness (QED) is 0.753. The second kappa shape index (κ2) is 5.16. The minimum absolute atomic E-state index is 0.127. The molecule has 4 nitrogen and oxygen atoms in total. The van der Waals surface area contributed by atoms with Crippen molar-refractivity contribution >= 4 is 27.3 Å². The molecule has 1 aliphatic rings. The number of amides is 1. The molecule has 6 heteroatoms. The molecule has 1 fully saturated rings. The van der Waals surface area contributed by atoms with Crippen molar-refractivity contribution in [2.75, 3.05) is 12.3 Å². The van der Waals surface area contributed by atoms with Crippen LogP contribution in [0.1, 0.15) is 26.2 Å². The lowest BCUT2D eigenvalue weighted by Crippen LogP contribution is -2.44. The molecule has 0 aliphatic carbocycles. The summed E-state index contributed by atoms with van der Waals surface area (Å²) in [5.41, 5.74) is 0. The Labute approximate surface area is 95.3 Å². The molecule has 0 spiro atoms. The summed E-state index contributed by atoms with van der Waals surface area (Å²) in [7, 11) is -3.23. The van der Waals surface area contributed by atoms with Crippen LogP contribution in [-0.2, 0) is 14.6 Å². The molecular formula is C9H16ClNO3S. The number of nitrogens with one attached hydrogen (secondary N) is 1. The zero-order chi connectivity index (χ0) is 11.5. The van der Waals surface area contributed by atoms with Crippen molar-refractivity contribution < 1.29 is 13.2 Å². The number of alkyl halides is 1. The van der Waals surface area contributed by atoms with Crippen LogP contribution in [0.5, 0.6) is 0 Å². The van der Waals surface area contributed by atoms with E-state index in [1.165, 1.54) is 0 Å². The number of hydrogen-bond acceptors (Lipinski definition) is 3. The standard InChI is InChI=1S/C9H16ClNO3S/c1-7(10)6-11-9(12)8-4-2-3-5-15(8,13)14/h7-8H,2-6H2,1H3,(H,11,12). The molecule has 1 aliphatic heterocycles. The first-order chi connectivity index (χ1) is 6.93. The van der Waals surface area contributed by atoms with Gasteiger partial charge in [0.2, 0.25) is 5.91 Å². The smallest absolute Gasteiger partial charge is 0.238 e. The van der Waals surface area contributed by atoms with E-state index >= 15 is 0 Å². The van der Waals surface area contributed by atoms with Crippen molar-refractivity contribution in [3.05, 3.63) is 0 Å². The molecule has 0 aromatic heterocycles. The van der Waals surface area contributed by atoms with Gasteiger partial charge in [0, 0.05) is 11.9 Å². The Morgan fingerprint density at radius 2 is 2.20 bits per heavy atom. The summed E-state index contributed by atoms with van der Waals surface area (Å²) < 4.78 is 23.1. The molecule has 0 aromatic rings. The number of carbonyl (C=O) groups is 1. The van der Waals surface area contributed by atoms with Crippen LogP contribution in [0.25, 0.3) is 0 Å². The Morgan fingerprint density at radius 3 is 2.73 bits per heavy atom. The number of rotatable bonds is 3. The molecule has 1 saturated heterocycles. The van der Waals surface area contributed by atoms with Gasteiger partial charge in [-0.25, -0.2) is 8.42 Å². The molecule has 0 saturated carbocycles. The van der Waals surface area contributed by atoms with Gasteiger partial charge in [0.25, 0.3) is 0 Å². The first-order valence-corrected chi connectivity index (χ1v) is 7.22. The van der Waals surface area contributed by atoms with Gasteiger partial charge in [0.05, 0.1) is 5.75 Å². The lowest BCUT2D eigenvalue weighted by atomic mass is 10.2. The molecule has 1 N–H and O–H groups in total.